The van der Waals surface area contributed by atoms with Gasteiger partial charge in [0.15, 0.2) is 11.6 Å². The number of urea groups is 1. The van der Waals surface area contributed by atoms with E-state index in [9.17, 15) is 18.4 Å². The predicted molar refractivity (Wildman–Crippen MR) is 57.7 cm³/mol. The molecule has 0 atom stereocenters. The Balaban J connectivity index is 2.79. The molecule has 0 aliphatic rings. The Hall–Kier alpha value is -2.44. The summed E-state index contributed by atoms with van der Waals surface area (Å²) in [6.07, 6.45) is 1.16. The summed E-state index contributed by atoms with van der Waals surface area (Å²) in [6, 6.07) is 0.712. The lowest BCUT2D eigenvalue weighted by Gasteiger charge is -2.06. The van der Waals surface area contributed by atoms with Crippen LogP contribution in [0, 0.1) is 11.6 Å². The summed E-state index contributed by atoms with van der Waals surface area (Å²) in [4.78, 5) is 24.4. The van der Waals surface area contributed by atoms with Crippen molar-refractivity contribution < 1.29 is 13.6 Å². The first-order chi connectivity index (χ1) is 7.99. The summed E-state index contributed by atoms with van der Waals surface area (Å²) < 4.78 is 26.0. The van der Waals surface area contributed by atoms with E-state index in [0.717, 1.165) is 18.3 Å². The molecule has 2 aromatic rings. The third kappa shape index (κ3) is 1.94. The van der Waals surface area contributed by atoms with Gasteiger partial charge >= 0.3 is 6.03 Å². The molecule has 1 aromatic heterocycles. The smallest absolute Gasteiger partial charge is 0.316 e. The van der Waals surface area contributed by atoms with E-state index < -0.39 is 23.2 Å². The maximum absolute atomic E-state index is 13.1. The fourth-order valence-electron chi connectivity index (χ4n) is 1.49. The minimum atomic E-state index is -1.14. The quantitative estimate of drug-likeness (QED) is 0.700. The fourth-order valence-corrected chi connectivity index (χ4v) is 1.49. The largest absolute Gasteiger partial charge is 0.351 e. The van der Waals surface area contributed by atoms with Crippen molar-refractivity contribution in [2.75, 3.05) is 5.32 Å². The average molecular weight is 239 g/mol. The zero-order valence-electron chi connectivity index (χ0n) is 8.38. The molecule has 0 radical (unpaired) electrons. The van der Waals surface area contributed by atoms with Gasteiger partial charge in [-0.2, -0.15) is 0 Å². The molecule has 0 saturated heterocycles. The van der Waals surface area contributed by atoms with Gasteiger partial charge in [0.25, 0.3) is 5.56 Å². The molecule has 7 heteroatoms. The second kappa shape index (κ2) is 3.85. The van der Waals surface area contributed by atoms with Gasteiger partial charge in [-0.05, 0) is 12.1 Å². The molecular weight excluding hydrogens is 232 g/mol. The number of benzene rings is 1. The number of primary amides is 1. The van der Waals surface area contributed by atoms with Crippen molar-refractivity contribution >= 4 is 22.5 Å². The maximum Gasteiger partial charge on any atom is 0.316 e. The molecule has 4 N–H and O–H groups in total. The van der Waals surface area contributed by atoms with E-state index in [1.165, 1.54) is 0 Å². The summed E-state index contributed by atoms with van der Waals surface area (Å²) >= 11 is 0. The van der Waals surface area contributed by atoms with E-state index in [1.54, 1.807) is 0 Å². The lowest BCUT2D eigenvalue weighted by molar-refractivity contribution is 0.259. The van der Waals surface area contributed by atoms with Crippen LogP contribution in [0.3, 0.4) is 0 Å². The third-order valence-electron chi connectivity index (χ3n) is 2.20. The number of halogens is 2. The Labute approximate surface area is 93.2 Å². The van der Waals surface area contributed by atoms with E-state index in [0.29, 0.717) is 0 Å². The van der Waals surface area contributed by atoms with Gasteiger partial charge in [0.05, 0.1) is 11.1 Å². The topological polar surface area (TPSA) is 88.0 Å². The Kier molecular flexibility index (Phi) is 2.51. The number of amides is 2. The van der Waals surface area contributed by atoms with Crippen molar-refractivity contribution in [1.29, 1.82) is 0 Å². The number of hydrogen-bond acceptors (Lipinski definition) is 2. The Morgan fingerprint density at radius 2 is 1.82 bits per heavy atom. The second-order valence-corrected chi connectivity index (χ2v) is 3.33. The van der Waals surface area contributed by atoms with Crippen LogP contribution in [0.2, 0.25) is 0 Å². The number of anilines is 1. The van der Waals surface area contributed by atoms with Crippen LogP contribution in [0.1, 0.15) is 0 Å². The predicted octanol–water partition coefficient (Wildman–Crippen LogP) is 1.30. The van der Waals surface area contributed by atoms with Crippen molar-refractivity contribution in [3.63, 3.8) is 0 Å². The van der Waals surface area contributed by atoms with Crippen molar-refractivity contribution in [2.45, 2.75) is 0 Å². The van der Waals surface area contributed by atoms with Gasteiger partial charge in [0.1, 0.15) is 0 Å². The Morgan fingerprint density at radius 3 is 2.41 bits per heavy atom. The molecule has 0 spiro atoms. The first-order valence-corrected chi connectivity index (χ1v) is 4.56. The van der Waals surface area contributed by atoms with Gasteiger partial charge in [-0.3, -0.25) is 4.79 Å². The summed E-state index contributed by atoms with van der Waals surface area (Å²) in [5.74, 6) is -2.25. The van der Waals surface area contributed by atoms with Gasteiger partial charge < -0.3 is 16.0 Å². The molecule has 88 valence electrons. The minimum absolute atomic E-state index is 0.0739. The van der Waals surface area contributed by atoms with Gasteiger partial charge in [0.2, 0.25) is 0 Å². The molecule has 0 fully saturated rings. The van der Waals surface area contributed by atoms with Crippen molar-refractivity contribution in [3.05, 3.63) is 40.3 Å². The molecule has 17 heavy (non-hydrogen) atoms. The number of carbonyl (C=O) groups is 1. The van der Waals surface area contributed by atoms with E-state index in [2.05, 4.69) is 10.3 Å². The molecule has 0 unspecified atom stereocenters. The number of rotatable bonds is 1. The molecule has 0 aliphatic heterocycles. The van der Waals surface area contributed by atoms with Crippen LogP contribution in [0.25, 0.3) is 10.8 Å². The number of aromatic amines is 1. The summed E-state index contributed by atoms with van der Waals surface area (Å²) in [6.45, 7) is 0. The molecule has 0 aliphatic carbocycles. The van der Waals surface area contributed by atoms with Crippen LogP contribution in [0.5, 0.6) is 0 Å². The number of nitrogens with one attached hydrogen (secondary N) is 2. The van der Waals surface area contributed by atoms with E-state index in [4.69, 9.17) is 5.73 Å². The molecule has 2 amide bonds. The first kappa shape index (κ1) is 11.1. The second-order valence-electron chi connectivity index (χ2n) is 3.33. The Bertz CT molecular complexity index is 666. The van der Waals surface area contributed by atoms with Crippen LogP contribution in [0.15, 0.2) is 23.1 Å². The molecule has 0 bridgehead atoms. The highest BCUT2D eigenvalue weighted by atomic mass is 19.2. The van der Waals surface area contributed by atoms with Crippen LogP contribution >= 0.6 is 0 Å². The molecule has 1 aromatic carbocycles. The highest BCUT2D eigenvalue weighted by Gasteiger charge is 2.11. The minimum Gasteiger partial charge on any atom is -0.351 e. The number of fused-ring (bicyclic) bond motifs is 1. The Morgan fingerprint density at radius 1 is 1.24 bits per heavy atom. The van der Waals surface area contributed by atoms with Crippen molar-refractivity contribution in [3.8, 4) is 0 Å². The van der Waals surface area contributed by atoms with Crippen molar-refractivity contribution in [2.24, 2.45) is 5.73 Å². The van der Waals surface area contributed by atoms with Crippen LogP contribution in [-0.2, 0) is 0 Å². The number of aromatic nitrogens is 1. The highest BCUT2D eigenvalue weighted by Crippen LogP contribution is 2.22. The zero-order chi connectivity index (χ0) is 12.6. The number of pyridine rings is 1. The third-order valence-corrected chi connectivity index (χ3v) is 2.20. The van der Waals surface area contributed by atoms with E-state index >= 15 is 0 Å². The van der Waals surface area contributed by atoms with E-state index in [-0.39, 0.29) is 16.5 Å². The molecule has 5 nitrogen and oxygen atoms in total. The number of nitrogens with two attached hydrogens (primary N) is 1. The van der Waals surface area contributed by atoms with Gasteiger partial charge in [-0.15, -0.1) is 0 Å². The van der Waals surface area contributed by atoms with Crippen LogP contribution in [-0.4, -0.2) is 11.0 Å². The van der Waals surface area contributed by atoms with Crippen LogP contribution < -0.4 is 16.6 Å². The summed E-state index contributed by atoms with van der Waals surface area (Å²) in [7, 11) is 0. The number of hydrogen-bond donors (Lipinski definition) is 3. The standard InChI is InChI=1S/C10H7F2N3O2/c11-6-1-4-5(2-7(6)12)9(16)14-3-8(4)15-10(13)17/h1-3H,(H,14,16)(H3,13,15,17). The lowest BCUT2D eigenvalue weighted by atomic mass is 10.1. The summed E-state index contributed by atoms with van der Waals surface area (Å²) in [5.41, 5.74) is 4.43. The monoisotopic (exact) mass is 239 g/mol. The SMILES string of the molecule is NC(=O)Nc1c[nH]c(=O)c2cc(F)c(F)cc12. The molecule has 0 saturated carbocycles. The van der Waals surface area contributed by atoms with Crippen molar-refractivity contribution in [1.82, 2.24) is 4.98 Å². The number of H-pyrrole nitrogens is 1. The summed E-state index contributed by atoms with van der Waals surface area (Å²) in [5, 5.41) is 2.20. The fraction of sp³-hybridized carbons (Fsp3) is 0. The first-order valence-electron chi connectivity index (χ1n) is 4.56. The van der Waals surface area contributed by atoms with E-state index in [1.807, 2.05) is 0 Å². The molecule has 1 heterocycles. The van der Waals surface area contributed by atoms with Crippen LogP contribution in [0.4, 0.5) is 19.3 Å². The average Bonchev–Trinajstić information content (AvgIpc) is 2.25. The number of carbonyl (C=O) groups excluding carboxylic acids is 1. The van der Waals surface area contributed by atoms with Gasteiger partial charge in [-0.25, -0.2) is 13.6 Å². The van der Waals surface area contributed by atoms with Gasteiger partial charge in [-0.1, -0.05) is 0 Å². The van der Waals surface area contributed by atoms with Gasteiger partial charge in [0, 0.05) is 11.6 Å². The lowest BCUT2D eigenvalue weighted by Crippen LogP contribution is -2.20. The highest BCUT2D eigenvalue weighted by molar-refractivity contribution is 6.00. The normalized spacial score (nSPS) is 10.5. The molecule has 2 rings (SSSR count). The molecular formula is C10H7F2N3O2. The zero-order valence-corrected chi connectivity index (χ0v) is 8.38. The maximum atomic E-state index is 13.1.